The van der Waals surface area contributed by atoms with Crippen LogP contribution in [0.25, 0.3) is 0 Å². The van der Waals surface area contributed by atoms with Gasteiger partial charge in [0, 0.05) is 6.42 Å². The highest BCUT2D eigenvalue weighted by molar-refractivity contribution is 5.76. The third-order valence-electron chi connectivity index (χ3n) is 9.85. The number of aliphatic hydroxyl groups is 2. The molecule has 0 radical (unpaired) electrons. The highest BCUT2D eigenvalue weighted by Gasteiger charge is 2.17. The van der Waals surface area contributed by atoms with Gasteiger partial charge in [-0.1, -0.05) is 211 Å². The summed E-state index contributed by atoms with van der Waals surface area (Å²) in [5.41, 5.74) is 0. The number of allylic oxidation sites excluding steroid dienone is 5. The van der Waals surface area contributed by atoms with Crippen LogP contribution in [0.15, 0.2) is 36.5 Å². The summed E-state index contributed by atoms with van der Waals surface area (Å²) < 4.78 is 0. The van der Waals surface area contributed by atoms with E-state index in [2.05, 4.69) is 43.5 Å². The number of nitrogens with one attached hydrogen (secondary N) is 1. The van der Waals surface area contributed by atoms with Crippen molar-refractivity contribution in [3.8, 4) is 0 Å². The van der Waals surface area contributed by atoms with Gasteiger partial charge in [0.2, 0.25) is 5.91 Å². The van der Waals surface area contributed by atoms with Gasteiger partial charge in [-0.05, 0) is 44.9 Å². The zero-order valence-corrected chi connectivity index (χ0v) is 33.0. The van der Waals surface area contributed by atoms with E-state index in [1.165, 1.54) is 167 Å². The van der Waals surface area contributed by atoms with Crippen LogP contribution in [0.3, 0.4) is 0 Å². The van der Waals surface area contributed by atoms with Crippen LogP contribution in [0, 0.1) is 0 Å². The molecule has 0 saturated carbocycles. The van der Waals surface area contributed by atoms with E-state index in [0.29, 0.717) is 6.42 Å². The molecule has 3 N–H and O–H groups in total. The summed E-state index contributed by atoms with van der Waals surface area (Å²) in [6.45, 7) is 4.30. The lowest BCUT2D eigenvalue weighted by Crippen LogP contribution is -2.45. The zero-order valence-electron chi connectivity index (χ0n) is 33.0. The van der Waals surface area contributed by atoms with Gasteiger partial charge in [0.25, 0.3) is 0 Å². The van der Waals surface area contributed by atoms with Gasteiger partial charge in [0.1, 0.15) is 0 Å². The topological polar surface area (TPSA) is 69.6 Å². The molecule has 0 aromatic heterocycles. The predicted molar refractivity (Wildman–Crippen MR) is 216 cm³/mol. The second kappa shape index (κ2) is 41.0. The van der Waals surface area contributed by atoms with Crippen molar-refractivity contribution >= 4 is 5.91 Å². The number of unbranched alkanes of at least 4 members (excludes halogenated alkanes) is 28. The third kappa shape index (κ3) is 37.7. The van der Waals surface area contributed by atoms with Gasteiger partial charge in [0.05, 0.1) is 18.8 Å². The first-order chi connectivity index (χ1) is 24.2. The van der Waals surface area contributed by atoms with E-state index in [0.717, 1.165) is 38.5 Å². The molecule has 0 aliphatic carbocycles. The Kier molecular flexibility index (Phi) is 39.9. The molecule has 0 heterocycles. The van der Waals surface area contributed by atoms with Gasteiger partial charge >= 0.3 is 0 Å². The molecular weight excluding hydrogens is 602 g/mol. The van der Waals surface area contributed by atoms with Crippen LogP contribution in [0.2, 0.25) is 0 Å². The van der Waals surface area contributed by atoms with E-state index >= 15 is 0 Å². The van der Waals surface area contributed by atoms with Gasteiger partial charge in [-0.3, -0.25) is 4.79 Å². The fourth-order valence-electron chi connectivity index (χ4n) is 6.50. The molecule has 0 aromatic rings. The van der Waals surface area contributed by atoms with Gasteiger partial charge < -0.3 is 15.5 Å². The molecule has 0 aromatic carbocycles. The number of hydrogen-bond donors (Lipinski definition) is 3. The Labute approximate surface area is 306 Å². The summed E-state index contributed by atoms with van der Waals surface area (Å²) in [5.74, 6) is -0.0757. The molecule has 4 nitrogen and oxygen atoms in total. The van der Waals surface area contributed by atoms with Crippen molar-refractivity contribution in [2.75, 3.05) is 6.61 Å². The number of rotatable bonds is 39. The van der Waals surface area contributed by atoms with Gasteiger partial charge in [-0.2, -0.15) is 0 Å². The largest absolute Gasteiger partial charge is 0.394 e. The Morgan fingerprint density at radius 1 is 0.469 bits per heavy atom. The summed E-state index contributed by atoms with van der Waals surface area (Å²) in [4.78, 5) is 12.4. The monoisotopic (exact) mass is 688 g/mol. The number of aliphatic hydroxyl groups excluding tert-OH is 2. The Bertz CT molecular complexity index is 746. The van der Waals surface area contributed by atoms with Crippen LogP contribution in [0.4, 0.5) is 0 Å². The number of hydrogen-bond acceptors (Lipinski definition) is 3. The van der Waals surface area contributed by atoms with E-state index in [-0.39, 0.29) is 12.5 Å². The number of carbonyl (C=O) groups excluding carboxylic acids is 1. The molecule has 0 spiro atoms. The van der Waals surface area contributed by atoms with Crippen molar-refractivity contribution in [2.45, 2.75) is 238 Å². The number of amides is 1. The standard InChI is InChI=1S/C45H85NO3/c1-3-5-7-9-11-13-15-17-19-21-23-25-27-29-31-33-35-37-39-41-45(49)46-43(42-47)44(48)40-38-36-34-32-30-28-26-24-22-20-18-16-14-12-10-8-6-4-2/h22,24,30,32,38,40,43-44,47-48H,3-21,23,25-29,31,33-37,39,41-42H2,1-2H3,(H,46,49)/b24-22+,32-30+,40-38+. The molecule has 0 fully saturated rings. The van der Waals surface area contributed by atoms with E-state index in [1.54, 1.807) is 6.08 Å². The lowest BCUT2D eigenvalue weighted by Gasteiger charge is -2.19. The fourth-order valence-corrected chi connectivity index (χ4v) is 6.50. The minimum atomic E-state index is -0.866. The van der Waals surface area contributed by atoms with Gasteiger partial charge in [0.15, 0.2) is 0 Å². The molecule has 0 bridgehead atoms. The molecule has 1 amide bonds. The maximum atomic E-state index is 12.4. The van der Waals surface area contributed by atoms with Crippen molar-refractivity contribution in [3.05, 3.63) is 36.5 Å². The molecular formula is C45H85NO3. The van der Waals surface area contributed by atoms with E-state index in [9.17, 15) is 15.0 Å². The molecule has 49 heavy (non-hydrogen) atoms. The zero-order chi connectivity index (χ0) is 35.7. The normalized spacial score (nSPS) is 13.3. The second-order valence-electron chi connectivity index (χ2n) is 14.8. The first kappa shape index (κ1) is 47.6. The quantitative estimate of drug-likeness (QED) is 0.0445. The highest BCUT2D eigenvalue weighted by atomic mass is 16.3. The Morgan fingerprint density at radius 3 is 1.18 bits per heavy atom. The van der Waals surface area contributed by atoms with Gasteiger partial charge in [-0.25, -0.2) is 0 Å². The summed E-state index contributed by atoms with van der Waals surface area (Å²) >= 11 is 0. The van der Waals surface area contributed by atoms with E-state index < -0.39 is 12.1 Å². The maximum Gasteiger partial charge on any atom is 0.220 e. The van der Waals surface area contributed by atoms with Crippen LogP contribution in [-0.4, -0.2) is 34.9 Å². The smallest absolute Gasteiger partial charge is 0.220 e. The summed E-state index contributed by atoms with van der Waals surface area (Å²) in [6, 6.07) is -0.641. The second-order valence-corrected chi connectivity index (χ2v) is 14.8. The summed E-state index contributed by atoms with van der Waals surface area (Å²) in [5, 5.41) is 23.0. The summed E-state index contributed by atoms with van der Waals surface area (Å²) in [6.07, 6.45) is 53.9. The van der Waals surface area contributed by atoms with Crippen LogP contribution in [0.5, 0.6) is 0 Å². The highest BCUT2D eigenvalue weighted by Crippen LogP contribution is 2.15. The van der Waals surface area contributed by atoms with Crippen molar-refractivity contribution in [3.63, 3.8) is 0 Å². The first-order valence-corrected chi connectivity index (χ1v) is 21.7. The minimum absolute atomic E-state index is 0.0757. The molecule has 288 valence electrons. The minimum Gasteiger partial charge on any atom is -0.394 e. The van der Waals surface area contributed by atoms with Crippen LogP contribution in [-0.2, 0) is 4.79 Å². The Morgan fingerprint density at radius 2 is 0.796 bits per heavy atom. The Hall–Kier alpha value is -1.39. The van der Waals surface area contributed by atoms with E-state index in [4.69, 9.17) is 0 Å². The van der Waals surface area contributed by atoms with Gasteiger partial charge in [-0.15, -0.1) is 0 Å². The van der Waals surface area contributed by atoms with E-state index in [1.807, 2.05) is 6.08 Å². The van der Waals surface area contributed by atoms with Crippen LogP contribution >= 0.6 is 0 Å². The van der Waals surface area contributed by atoms with Crippen molar-refractivity contribution < 1.29 is 15.0 Å². The molecule has 0 saturated heterocycles. The average molecular weight is 688 g/mol. The SMILES string of the molecule is CCCCCCCCCC/C=C/CC/C=C/CC/C=C/C(O)C(CO)NC(=O)CCCCCCCCCCCCCCCCCCCCC. The molecule has 2 unspecified atom stereocenters. The van der Waals surface area contributed by atoms with Crippen molar-refractivity contribution in [1.82, 2.24) is 5.32 Å². The van der Waals surface area contributed by atoms with Crippen LogP contribution < -0.4 is 5.32 Å². The first-order valence-electron chi connectivity index (χ1n) is 21.7. The fraction of sp³-hybridized carbons (Fsp3) is 0.844. The van der Waals surface area contributed by atoms with Crippen molar-refractivity contribution in [1.29, 1.82) is 0 Å². The Balaban J connectivity index is 3.62. The number of carbonyl (C=O) groups is 1. The molecule has 2 atom stereocenters. The molecule has 0 aliphatic rings. The summed E-state index contributed by atoms with van der Waals surface area (Å²) in [7, 11) is 0. The molecule has 0 rings (SSSR count). The lowest BCUT2D eigenvalue weighted by atomic mass is 10.0. The lowest BCUT2D eigenvalue weighted by molar-refractivity contribution is -0.123. The average Bonchev–Trinajstić information content (AvgIpc) is 3.10. The molecule has 4 heteroatoms. The van der Waals surface area contributed by atoms with Crippen LogP contribution in [0.1, 0.15) is 226 Å². The van der Waals surface area contributed by atoms with Crippen molar-refractivity contribution in [2.24, 2.45) is 0 Å². The predicted octanol–water partition coefficient (Wildman–Crippen LogP) is 13.4. The maximum absolute atomic E-state index is 12.4. The molecule has 0 aliphatic heterocycles. The third-order valence-corrected chi connectivity index (χ3v) is 9.85.